The Morgan fingerprint density at radius 3 is 2.40 bits per heavy atom. The second-order valence-electron chi connectivity index (χ2n) is 3.50. The highest BCUT2D eigenvalue weighted by Crippen LogP contribution is 2.12. The van der Waals surface area contributed by atoms with Crippen molar-refractivity contribution in [3.05, 3.63) is 0 Å². The molecule has 0 aromatic carbocycles. The summed E-state index contributed by atoms with van der Waals surface area (Å²) in [5.74, 6) is 0. The Morgan fingerprint density at radius 2 is 1.93 bits per heavy atom. The minimum absolute atomic E-state index is 0. The monoisotopic (exact) mass is 257 g/mol. The quantitative estimate of drug-likeness (QED) is 0.742. The summed E-state index contributed by atoms with van der Waals surface area (Å²) in [6, 6.07) is 0.139. The second kappa shape index (κ2) is 6.65. The van der Waals surface area contributed by atoms with E-state index in [9.17, 15) is 8.42 Å². The molecule has 0 aromatic heterocycles. The van der Waals surface area contributed by atoms with Crippen molar-refractivity contribution < 1.29 is 8.42 Å². The molecule has 0 radical (unpaired) electrons. The first-order chi connectivity index (χ1) is 6.58. The van der Waals surface area contributed by atoms with Crippen LogP contribution in [0.2, 0.25) is 0 Å². The fraction of sp³-hybridized carbons (Fsp3) is 1.00. The van der Waals surface area contributed by atoms with Crippen LogP contribution in [0.15, 0.2) is 0 Å². The van der Waals surface area contributed by atoms with Gasteiger partial charge in [-0.25, -0.2) is 4.72 Å². The normalized spacial score (nSPS) is 18.9. The molecule has 1 rings (SSSR count). The minimum Gasteiger partial charge on any atom is -0.317 e. The maximum absolute atomic E-state index is 11.6. The van der Waals surface area contributed by atoms with Gasteiger partial charge < -0.3 is 5.32 Å². The number of halogens is 1. The van der Waals surface area contributed by atoms with Crippen LogP contribution in [0.4, 0.5) is 0 Å². The Labute approximate surface area is 98.2 Å². The number of rotatable bonds is 4. The van der Waals surface area contributed by atoms with Crippen molar-refractivity contribution in [2.24, 2.45) is 0 Å². The molecule has 15 heavy (non-hydrogen) atoms. The molecule has 0 bridgehead atoms. The van der Waals surface area contributed by atoms with E-state index < -0.39 is 10.2 Å². The van der Waals surface area contributed by atoms with Gasteiger partial charge in [-0.05, 0) is 25.9 Å². The zero-order chi connectivity index (χ0) is 10.6. The lowest BCUT2D eigenvalue weighted by molar-refractivity contribution is 0.293. The Bertz CT molecular complexity index is 265. The van der Waals surface area contributed by atoms with E-state index in [-0.39, 0.29) is 18.4 Å². The summed E-state index contributed by atoms with van der Waals surface area (Å²) in [6.45, 7) is 4.03. The van der Waals surface area contributed by atoms with Crippen LogP contribution in [-0.2, 0) is 10.2 Å². The van der Waals surface area contributed by atoms with E-state index >= 15 is 0 Å². The van der Waals surface area contributed by atoms with E-state index in [0.29, 0.717) is 6.54 Å². The molecule has 1 aliphatic rings. The molecule has 1 heterocycles. The average Bonchev–Trinajstić information content (AvgIpc) is 2.18. The zero-order valence-electron chi connectivity index (χ0n) is 9.19. The highest BCUT2D eigenvalue weighted by molar-refractivity contribution is 7.87. The predicted octanol–water partition coefficient (Wildman–Crippen LogP) is -0.0537. The average molecular weight is 258 g/mol. The molecule has 0 unspecified atom stereocenters. The molecular weight excluding hydrogens is 238 g/mol. The molecule has 0 amide bonds. The van der Waals surface area contributed by atoms with E-state index in [0.717, 1.165) is 25.9 Å². The Hall–Kier alpha value is 0.120. The number of piperidine rings is 1. The molecule has 5 nitrogen and oxygen atoms in total. The Balaban J connectivity index is 0.00000196. The van der Waals surface area contributed by atoms with Crippen LogP contribution in [0.1, 0.15) is 19.8 Å². The first-order valence-electron chi connectivity index (χ1n) is 5.01. The SMILES string of the molecule is CCNS(=O)(=O)N(C)C1CCNCC1.Cl. The van der Waals surface area contributed by atoms with Gasteiger partial charge in [0.1, 0.15) is 0 Å². The van der Waals surface area contributed by atoms with Crippen molar-refractivity contribution in [1.29, 1.82) is 0 Å². The largest absolute Gasteiger partial charge is 0.317 e. The number of nitrogens with one attached hydrogen (secondary N) is 2. The smallest absolute Gasteiger partial charge is 0.279 e. The molecule has 0 spiro atoms. The topological polar surface area (TPSA) is 61.4 Å². The fourth-order valence-corrected chi connectivity index (χ4v) is 2.82. The predicted molar refractivity (Wildman–Crippen MR) is 63.5 cm³/mol. The van der Waals surface area contributed by atoms with E-state index in [4.69, 9.17) is 0 Å². The molecule has 2 N–H and O–H groups in total. The van der Waals surface area contributed by atoms with Gasteiger partial charge in [0.05, 0.1) is 0 Å². The third kappa shape index (κ3) is 4.24. The van der Waals surface area contributed by atoms with Crippen molar-refractivity contribution in [2.45, 2.75) is 25.8 Å². The molecule has 1 fully saturated rings. The van der Waals surface area contributed by atoms with E-state index in [2.05, 4.69) is 10.0 Å². The van der Waals surface area contributed by atoms with Gasteiger partial charge in [0.25, 0.3) is 10.2 Å². The Morgan fingerprint density at radius 1 is 1.40 bits per heavy atom. The lowest BCUT2D eigenvalue weighted by Gasteiger charge is -2.30. The summed E-state index contributed by atoms with van der Waals surface area (Å²) >= 11 is 0. The Kier molecular flexibility index (Phi) is 6.70. The molecule has 0 aliphatic carbocycles. The van der Waals surface area contributed by atoms with Crippen molar-refractivity contribution in [3.63, 3.8) is 0 Å². The third-order valence-corrected chi connectivity index (χ3v) is 4.24. The fourth-order valence-electron chi connectivity index (χ4n) is 1.65. The molecule has 92 valence electrons. The van der Waals surface area contributed by atoms with Gasteiger partial charge in [0.15, 0.2) is 0 Å². The lowest BCUT2D eigenvalue weighted by Crippen LogP contribution is -2.48. The highest BCUT2D eigenvalue weighted by atomic mass is 35.5. The summed E-state index contributed by atoms with van der Waals surface area (Å²) in [5.41, 5.74) is 0. The van der Waals surface area contributed by atoms with Crippen molar-refractivity contribution >= 4 is 22.6 Å². The van der Waals surface area contributed by atoms with Gasteiger partial charge in [0, 0.05) is 19.6 Å². The van der Waals surface area contributed by atoms with E-state index in [1.54, 1.807) is 14.0 Å². The minimum atomic E-state index is -3.25. The molecular formula is C8H20ClN3O2S. The zero-order valence-corrected chi connectivity index (χ0v) is 10.8. The molecule has 1 saturated heterocycles. The second-order valence-corrected chi connectivity index (χ2v) is 5.32. The summed E-state index contributed by atoms with van der Waals surface area (Å²) in [7, 11) is -1.61. The highest BCUT2D eigenvalue weighted by Gasteiger charge is 2.26. The van der Waals surface area contributed by atoms with Gasteiger partial charge >= 0.3 is 0 Å². The number of hydrogen-bond acceptors (Lipinski definition) is 3. The summed E-state index contributed by atoms with van der Waals surface area (Å²) in [4.78, 5) is 0. The van der Waals surface area contributed by atoms with Gasteiger partial charge in [-0.15, -0.1) is 12.4 Å². The maximum atomic E-state index is 11.6. The molecule has 0 saturated carbocycles. The van der Waals surface area contributed by atoms with Gasteiger partial charge in [-0.3, -0.25) is 0 Å². The molecule has 7 heteroatoms. The van der Waals surface area contributed by atoms with Crippen LogP contribution in [0.25, 0.3) is 0 Å². The molecule has 0 atom stereocenters. The van der Waals surface area contributed by atoms with Crippen LogP contribution < -0.4 is 10.0 Å². The van der Waals surface area contributed by atoms with Crippen LogP contribution >= 0.6 is 12.4 Å². The first-order valence-corrected chi connectivity index (χ1v) is 6.45. The third-order valence-electron chi connectivity index (χ3n) is 2.53. The van der Waals surface area contributed by atoms with Crippen molar-refractivity contribution in [1.82, 2.24) is 14.3 Å². The van der Waals surface area contributed by atoms with Crippen molar-refractivity contribution in [3.8, 4) is 0 Å². The van der Waals surface area contributed by atoms with Gasteiger partial charge in [-0.1, -0.05) is 6.92 Å². The first kappa shape index (κ1) is 15.1. The standard InChI is InChI=1S/C8H19N3O2S.ClH/c1-3-10-14(12,13)11(2)8-4-6-9-7-5-8;/h8-10H,3-7H2,1-2H3;1H. The van der Waals surface area contributed by atoms with Crippen LogP contribution in [0.5, 0.6) is 0 Å². The summed E-state index contributed by atoms with van der Waals surface area (Å²) in [6.07, 6.45) is 1.78. The summed E-state index contributed by atoms with van der Waals surface area (Å²) < 4.78 is 27.2. The van der Waals surface area contributed by atoms with E-state index in [1.165, 1.54) is 4.31 Å². The van der Waals surface area contributed by atoms with Gasteiger partial charge in [0.2, 0.25) is 0 Å². The van der Waals surface area contributed by atoms with Crippen LogP contribution in [-0.4, -0.2) is 45.4 Å². The van der Waals surface area contributed by atoms with Crippen LogP contribution in [0, 0.1) is 0 Å². The van der Waals surface area contributed by atoms with Crippen molar-refractivity contribution in [2.75, 3.05) is 26.7 Å². The molecule has 0 aromatic rings. The lowest BCUT2D eigenvalue weighted by atomic mass is 10.1. The van der Waals surface area contributed by atoms with E-state index in [1.807, 2.05) is 0 Å². The number of hydrogen-bond donors (Lipinski definition) is 2. The number of nitrogens with zero attached hydrogens (tertiary/aromatic N) is 1. The van der Waals surface area contributed by atoms with Crippen LogP contribution in [0.3, 0.4) is 0 Å². The summed E-state index contributed by atoms with van der Waals surface area (Å²) in [5, 5.41) is 3.21. The van der Waals surface area contributed by atoms with Gasteiger partial charge in [-0.2, -0.15) is 12.7 Å². The molecule has 1 aliphatic heterocycles. The maximum Gasteiger partial charge on any atom is 0.279 e.